The standard InChI is InChI=1S/C16H17F3N4O/c1-8-14(21-22-15(24)20-8)9-2-3-13(12(5-9)16(17,18)19)23-6-10-4-11(10)7-23/h2-3,5,8,10-11H,4,6-7H2,1H3,(H2,20,22,24)/t8-,10+,11+/m1/s1. The van der Waals surface area contributed by atoms with Gasteiger partial charge in [0.2, 0.25) is 0 Å². The number of nitrogens with zero attached hydrogens (tertiary/aromatic N) is 2. The second kappa shape index (κ2) is 5.12. The number of carbonyl (C=O) groups is 1. The lowest BCUT2D eigenvalue weighted by Crippen LogP contribution is -2.48. The van der Waals surface area contributed by atoms with Crippen molar-refractivity contribution < 1.29 is 18.0 Å². The van der Waals surface area contributed by atoms with Crippen LogP contribution in [0.1, 0.15) is 24.5 Å². The first-order valence-corrected chi connectivity index (χ1v) is 7.93. The first kappa shape index (κ1) is 15.3. The molecule has 1 aromatic carbocycles. The fraction of sp³-hybridized carbons (Fsp3) is 0.500. The van der Waals surface area contributed by atoms with Gasteiger partial charge in [0.1, 0.15) is 0 Å². The van der Waals surface area contributed by atoms with Gasteiger partial charge in [-0.15, -0.1) is 0 Å². The van der Waals surface area contributed by atoms with Gasteiger partial charge in [0.25, 0.3) is 0 Å². The van der Waals surface area contributed by atoms with Crippen LogP contribution in [-0.4, -0.2) is 30.9 Å². The summed E-state index contributed by atoms with van der Waals surface area (Å²) < 4.78 is 40.7. The van der Waals surface area contributed by atoms with Gasteiger partial charge in [0.15, 0.2) is 0 Å². The number of carbonyl (C=O) groups excluding carboxylic acids is 1. The van der Waals surface area contributed by atoms with Crippen molar-refractivity contribution in [3.05, 3.63) is 29.3 Å². The Morgan fingerprint density at radius 2 is 1.96 bits per heavy atom. The fourth-order valence-electron chi connectivity index (χ4n) is 3.61. The van der Waals surface area contributed by atoms with Crippen LogP contribution >= 0.6 is 0 Å². The van der Waals surface area contributed by atoms with E-state index in [9.17, 15) is 18.0 Å². The topological polar surface area (TPSA) is 56.7 Å². The van der Waals surface area contributed by atoms with Crippen LogP contribution in [0.15, 0.2) is 23.3 Å². The molecule has 24 heavy (non-hydrogen) atoms. The molecular formula is C16H17F3N4O. The maximum Gasteiger partial charge on any atom is 0.418 e. The van der Waals surface area contributed by atoms with Gasteiger partial charge in [-0.25, -0.2) is 10.2 Å². The van der Waals surface area contributed by atoms with E-state index in [0.29, 0.717) is 36.2 Å². The van der Waals surface area contributed by atoms with Crippen LogP contribution in [0.25, 0.3) is 0 Å². The highest BCUT2D eigenvalue weighted by molar-refractivity contribution is 6.07. The molecule has 2 fully saturated rings. The number of rotatable bonds is 2. The molecule has 2 aliphatic heterocycles. The first-order chi connectivity index (χ1) is 11.3. The largest absolute Gasteiger partial charge is 0.418 e. The quantitative estimate of drug-likeness (QED) is 0.871. The normalized spacial score (nSPS) is 28.8. The van der Waals surface area contributed by atoms with E-state index in [4.69, 9.17) is 0 Å². The third kappa shape index (κ3) is 2.59. The molecule has 0 spiro atoms. The predicted octanol–water partition coefficient (Wildman–Crippen LogP) is 2.57. The summed E-state index contributed by atoms with van der Waals surface area (Å²) in [6.45, 7) is 3.08. The molecule has 2 heterocycles. The minimum atomic E-state index is -4.44. The van der Waals surface area contributed by atoms with Gasteiger partial charge < -0.3 is 10.2 Å². The molecule has 1 saturated carbocycles. The molecule has 0 radical (unpaired) electrons. The molecule has 0 bridgehead atoms. The summed E-state index contributed by atoms with van der Waals surface area (Å²) in [5.41, 5.74) is 2.58. The van der Waals surface area contributed by atoms with E-state index < -0.39 is 23.8 Å². The summed E-state index contributed by atoms with van der Waals surface area (Å²) in [5, 5.41) is 6.50. The number of halogens is 3. The number of anilines is 1. The zero-order chi connectivity index (χ0) is 17.1. The highest BCUT2D eigenvalue weighted by atomic mass is 19.4. The SMILES string of the molecule is C[C@H]1NC(=O)NN=C1c1ccc(N2C[C@@H]3C[C@H]3C2)c(C(F)(F)F)c1. The van der Waals surface area contributed by atoms with Gasteiger partial charge in [-0.1, -0.05) is 6.07 Å². The summed E-state index contributed by atoms with van der Waals surface area (Å²) in [6.07, 6.45) is -3.30. The molecule has 3 atom stereocenters. The van der Waals surface area contributed by atoms with Crippen molar-refractivity contribution in [2.24, 2.45) is 16.9 Å². The van der Waals surface area contributed by atoms with E-state index in [0.717, 1.165) is 12.5 Å². The predicted molar refractivity (Wildman–Crippen MR) is 82.9 cm³/mol. The molecular weight excluding hydrogens is 321 g/mol. The average molecular weight is 338 g/mol. The van der Waals surface area contributed by atoms with Gasteiger partial charge in [-0.3, -0.25) is 0 Å². The zero-order valence-corrected chi connectivity index (χ0v) is 13.0. The lowest BCUT2D eigenvalue weighted by Gasteiger charge is -2.26. The number of piperidine rings is 1. The summed E-state index contributed by atoms with van der Waals surface area (Å²) in [6, 6.07) is 3.38. The lowest BCUT2D eigenvalue weighted by molar-refractivity contribution is -0.137. The monoisotopic (exact) mass is 338 g/mol. The molecule has 4 rings (SSSR count). The zero-order valence-electron chi connectivity index (χ0n) is 13.0. The average Bonchev–Trinajstić information content (AvgIpc) is 3.12. The number of nitrogens with one attached hydrogen (secondary N) is 2. The van der Waals surface area contributed by atoms with Crippen molar-refractivity contribution in [1.82, 2.24) is 10.7 Å². The summed E-state index contributed by atoms with van der Waals surface area (Å²) in [7, 11) is 0. The van der Waals surface area contributed by atoms with Gasteiger partial charge in [0, 0.05) is 24.3 Å². The molecule has 128 valence electrons. The van der Waals surface area contributed by atoms with E-state index in [1.807, 2.05) is 4.90 Å². The molecule has 8 heteroatoms. The number of alkyl halides is 3. The Labute approximate surface area is 136 Å². The molecule has 2 amide bonds. The number of fused-ring (bicyclic) bond motifs is 1. The van der Waals surface area contributed by atoms with Crippen molar-refractivity contribution in [2.45, 2.75) is 25.6 Å². The van der Waals surface area contributed by atoms with Gasteiger partial charge in [-0.05, 0) is 37.3 Å². The number of hydrazone groups is 1. The first-order valence-electron chi connectivity index (χ1n) is 7.93. The van der Waals surface area contributed by atoms with Gasteiger partial charge >= 0.3 is 12.2 Å². The van der Waals surface area contributed by atoms with E-state index in [2.05, 4.69) is 15.8 Å². The number of urea groups is 1. The summed E-state index contributed by atoms with van der Waals surface area (Å²) in [4.78, 5) is 13.1. The Balaban J connectivity index is 1.71. The summed E-state index contributed by atoms with van der Waals surface area (Å²) in [5.74, 6) is 1.10. The second-order valence-electron chi connectivity index (χ2n) is 6.69. The maximum absolute atomic E-state index is 13.6. The maximum atomic E-state index is 13.6. The van der Waals surface area contributed by atoms with Crippen molar-refractivity contribution in [3.63, 3.8) is 0 Å². The molecule has 0 unspecified atom stereocenters. The number of hydrogen-bond donors (Lipinski definition) is 2. The minimum absolute atomic E-state index is 0.236. The van der Waals surface area contributed by atoms with Crippen LogP contribution in [0, 0.1) is 11.8 Å². The van der Waals surface area contributed by atoms with Crippen LogP contribution in [0.4, 0.5) is 23.7 Å². The third-order valence-electron chi connectivity index (χ3n) is 4.95. The Bertz CT molecular complexity index is 721. The smallest absolute Gasteiger partial charge is 0.370 e. The molecule has 1 aromatic rings. The van der Waals surface area contributed by atoms with Crippen LogP contribution in [0.5, 0.6) is 0 Å². The van der Waals surface area contributed by atoms with Gasteiger partial charge in [-0.2, -0.15) is 18.3 Å². The van der Waals surface area contributed by atoms with Crippen molar-refractivity contribution >= 4 is 17.4 Å². The molecule has 1 saturated heterocycles. The van der Waals surface area contributed by atoms with Crippen LogP contribution in [-0.2, 0) is 6.18 Å². The van der Waals surface area contributed by atoms with E-state index in [1.54, 1.807) is 13.0 Å². The molecule has 2 N–H and O–H groups in total. The Morgan fingerprint density at radius 1 is 1.25 bits per heavy atom. The van der Waals surface area contributed by atoms with Crippen LogP contribution < -0.4 is 15.6 Å². The fourth-order valence-corrected chi connectivity index (χ4v) is 3.61. The minimum Gasteiger partial charge on any atom is -0.370 e. The van der Waals surface area contributed by atoms with Crippen LogP contribution in [0.3, 0.4) is 0 Å². The molecule has 0 aromatic heterocycles. The van der Waals surface area contributed by atoms with Gasteiger partial charge in [0.05, 0.1) is 17.3 Å². The second-order valence-corrected chi connectivity index (χ2v) is 6.69. The van der Waals surface area contributed by atoms with Crippen LogP contribution in [0.2, 0.25) is 0 Å². The Hall–Kier alpha value is -2.25. The van der Waals surface area contributed by atoms with Crippen molar-refractivity contribution in [1.29, 1.82) is 0 Å². The van der Waals surface area contributed by atoms with Crippen molar-refractivity contribution in [2.75, 3.05) is 18.0 Å². The lowest BCUT2D eigenvalue weighted by atomic mass is 9.99. The Kier molecular flexibility index (Phi) is 3.26. The highest BCUT2D eigenvalue weighted by Crippen LogP contribution is 2.48. The number of benzene rings is 1. The van der Waals surface area contributed by atoms with E-state index >= 15 is 0 Å². The van der Waals surface area contributed by atoms with E-state index in [1.165, 1.54) is 6.07 Å². The van der Waals surface area contributed by atoms with Crippen molar-refractivity contribution in [3.8, 4) is 0 Å². The summed E-state index contributed by atoms with van der Waals surface area (Å²) >= 11 is 0. The number of amides is 2. The number of hydrogen-bond acceptors (Lipinski definition) is 3. The molecule has 3 aliphatic rings. The third-order valence-corrected chi connectivity index (χ3v) is 4.95. The van der Waals surface area contributed by atoms with E-state index in [-0.39, 0.29) is 5.69 Å². The highest BCUT2D eigenvalue weighted by Gasteiger charge is 2.47. The molecule has 1 aliphatic carbocycles. The molecule has 5 nitrogen and oxygen atoms in total. The Morgan fingerprint density at radius 3 is 2.58 bits per heavy atom.